The van der Waals surface area contributed by atoms with Crippen molar-refractivity contribution in [3.05, 3.63) is 0 Å². The molecule has 0 heterocycles. The van der Waals surface area contributed by atoms with Crippen LogP contribution in [-0.4, -0.2) is 15.7 Å². The summed E-state index contributed by atoms with van der Waals surface area (Å²) in [6.07, 6.45) is 8.31. The predicted octanol–water partition coefficient (Wildman–Crippen LogP) is 2.92. The van der Waals surface area contributed by atoms with Crippen LogP contribution in [0.1, 0.15) is 45.4 Å². The molecular weight excluding hydrogens is 166 g/mol. The van der Waals surface area contributed by atoms with Crippen LogP contribution in [0, 0.1) is 23.7 Å². The Balaban J connectivity index is 2.10. The van der Waals surface area contributed by atoms with Gasteiger partial charge >= 0.3 is 0 Å². The Labute approximate surface area is 91.0 Å². The molecule has 0 aromatic carbocycles. The van der Waals surface area contributed by atoms with E-state index >= 15 is 0 Å². The highest BCUT2D eigenvalue weighted by atomic mass is 14.4. The van der Waals surface area contributed by atoms with Crippen molar-refractivity contribution in [2.75, 3.05) is 0 Å². The second-order valence-electron chi connectivity index (χ2n) is 5.35. The molecule has 2 rings (SSSR count). The molecular formula is C12H20B2. The van der Waals surface area contributed by atoms with E-state index in [2.05, 4.69) is 6.92 Å². The monoisotopic (exact) mass is 186 g/mol. The molecule has 0 amide bonds. The van der Waals surface area contributed by atoms with Crippen molar-refractivity contribution >= 4 is 15.7 Å². The first kappa shape index (κ1) is 10.6. The van der Waals surface area contributed by atoms with Gasteiger partial charge in [-0.25, -0.2) is 0 Å². The summed E-state index contributed by atoms with van der Waals surface area (Å²) in [4.78, 5) is 0. The van der Waals surface area contributed by atoms with Crippen molar-refractivity contribution in [2.24, 2.45) is 23.7 Å². The van der Waals surface area contributed by atoms with Crippen LogP contribution in [0.3, 0.4) is 0 Å². The molecule has 2 aliphatic rings. The van der Waals surface area contributed by atoms with Crippen LogP contribution in [0.15, 0.2) is 0 Å². The van der Waals surface area contributed by atoms with Crippen molar-refractivity contribution in [2.45, 2.75) is 51.2 Å². The van der Waals surface area contributed by atoms with Gasteiger partial charge in [-0.05, 0) is 36.5 Å². The van der Waals surface area contributed by atoms with Crippen LogP contribution in [-0.2, 0) is 0 Å². The van der Waals surface area contributed by atoms with E-state index in [0.717, 1.165) is 17.8 Å². The molecule has 0 aliphatic heterocycles. The van der Waals surface area contributed by atoms with Crippen molar-refractivity contribution in [1.29, 1.82) is 0 Å². The van der Waals surface area contributed by atoms with Crippen LogP contribution in [0.2, 0.25) is 5.72 Å². The molecule has 4 unspecified atom stereocenters. The topological polar surface area (TPSA) is 0 Å². The summed E-state index contributed by atoms with van der Waals surface area (Å²) in [6.45, 7) is 2.29. The van der Waals surface area contributed by atoms with Crippen LogP contribution in [0.25, 0.3) is 0 Å². The molecule has 2 saturated carbocycles. The average molecular weight is 186 g/mol. The Hall–Kier alpha value is 0.130. The third-order valence-electron chi connectivity index (χ3n) is 4.52. The zero-order valence-corrected chi connectivity index (χ0v) is 9.28. The maximum absolute atomic E-state index is 5.95. The molecule has 0 aromatic rings. The zero-order valence-electron chi connectivity index (χ0n) is 9.28. The minimum Gasteiger partial charge on any atom is -0.106 e. The quantitative estimate of drug-likeness (QED) is 0.581. The van der Waals surface area contributed by atoms with Crippen LogP contribution in [0.4, 0.5) is 0 Å². The van der Waals surface area contributed by atoms with Gasteiger partial charge in [-0.3, -0.25) is 0 Å². The lowest BCUT2D eigenvalue weighted by Crippen LogP contribution is -2.38. The van der Waals surface area contributed by atoms with Crippen LogP contribution >= 0.6 is 0 Å². The second kappa shape index (κ2) is 4.33. The Morgan fingerprint density at radius 2 is 2.00 bits per heavy atom. The van der Waals surface area contributed by atoms with Crippen LogP contribution < -0.4 is 0 Å². The fourth-order valence-corrected chi connectivity index (χ4v) is 3.93. The summed E-state index contributed by atoms with van der Waals surface area (Å²) in [5.41, 5.74) is -0.0796. The average Bonchev–Trinajstić information content (AvgIpc) is 2.16. The predicted molar refractivity (Wildman–Crippen MR) is 62.6 cm³/mol. The Bertz CT molecular complexity index is 189. The fraction of sp³-hybridized carbons (Fsp3) is 1.00. The van der Waals surface area contributed by atoms with Gasteiger partial charge in [0.2, 0.25) is 0 Å². The normalized spacial score (nSPS) is 42.7. The summed E-state index contributed by atoms with van der Waals surface area (Å²) in [6, 6.07) is 0. The highest BCUT2D eigenvalue weighted by Gasteiger charge is 2.39. The summed E-state index contributed by atoms with van der Waals surface area (Å²) < 4.78 is 0. The first-order chi connectivity index (χ1) is 6.72. The maximum Gasteiger partial charge on any atom is 0.0579 e. The van der Waals surface area contributed by atoms with Crippen molar-refractivity contribution < 1.29 is 0 Å². The summed E-state index contributed by atoms with van der Waals surface area (Å²) >= 11 is 0. The van der Waals surface area contributed by atoms with Crippen molar-refractivity contribution in [3.8, 4) is 0 Å². The van der Waals surface area contributed by atoms with E-state index < -0.39 is 0 Å². The SMILES string of the molecule is [B]C([B])C1C(CC)CC2CCCC1C2. The molecule has 0 N–H and O–H groups in total. The Kier molecular flexibility index (Phi) is 3.29. The molecule has 0 aromatic heterocycles. The van der Waals surface area contributed by atoms with E-state index in [0.29, 0.717) is 5.92 Å². The molecule has 2 fully saturated rings. The van der Waals surface area contributed by atoms with Crippen LogP contribution in [0.5, 0.6) is 0 Å². The first-order valence-electron chi connectivity index (χ1n) is 6.23. The van der Waals surface area contributed by atoms with Crippen molar-refractivity contribution in [3.63, 3.8) is 0 Å². The largest absolute Gasteiger partial charge is 0.106 e. The molecule has 14 heavy (non-hydrogen) atoms. The van der Waals surface area contributed by atoms with Gasteiger partial charge in [-0.2, -0.15) is 0 Å². The van der Waals surface area contributed by atoms with Gasteiger partial charge in [0, 0.05) is 0 Å². The molecule has 2 heteroatoms. The second-order valence-corrected chi connectivity index (χ2v) is 5.35. The molecule has 0 nitrogen and oxygen atoms in total. The van der Waals surface area contributed by atoms with Gasteiger partial charge in [0.05, 0.1) is 15.7 Å². The maximum atomic E-state index is 5.95. The van der Waals surface area contributed by atoms with E-state index in [9.17, 15) is 0 Å². The number of hydrogen-bond acceptors (Lipinski definition) is 0. The third kappa shape index (κ3) is 1.90. The highest BCUT2D eigenvalue weighted by Crippen LogP contribution is 2.49. The molecule has 0 saturated heterocycles. The van der Waals surface area contributed by atoms with E-state index in [4.69, 9.17) is 15.7 Å². The Morgan fingerprint density at radius 1 is 1.21 bits per heavy atom. The minimum atomic E-state index is -0.0796. The molecule has 0 spiro atoms. The zero-order chi connectivity index (χ0) is 10.1. The summed E-state index contributed by atoms with van der Waals surface area (Å²) in [7, 11) is 11.9. The lowest BCUT2D eigenvalue weighted by Gasteiger charge is -2.47. The van der Waals surface area contributed by atoms with E-state index in [1.54, 1.807) is 0 Å². The fourth-order valence-electron chi connectivity index (χ4n) is 3.93. The number of fused-ring (bicyclic) bond motifs is 2. The van der Waals surface area contributed by atoms with Gasteiger partial charge in [-0.15, -0.1) is 5.72 Å². The van der Waals surface area contributed by atoms with Gasteiger partial charge < -0.3 is 0 Å². The standard InChI is InChI=1S/C12H20B2/c1-2-9-6-8-4-3-5-10(7-8)11(9)12(13)14/h8-12H,2-7H2,1H3. The lowest BCUT2D eigenvalue weighted by molar-refractivity contribution is 0.0669. The van der Waals surface area contributed by atoms with Gasteiger partial charge in [0.25, 0.3) is 0 Å². The van der Waals surface area contributed by atoms with E-state index in [1.807, 2.05) is 0 Å². The lowest BCUT2D eigenvalue weighted by atomic mass is 9.50. The smallest absolute Gasteiger partial charge is 0.0579 e. The summed E-state index contributed by atoms with van der Waals surface area (Å²) in [5, 5.41) is 0. The van der Waals surface area contributed by atoms with Gasteiger partial charge in [0.1, 0.15) is 0 Å². The number of hydrogen-bond donors (Lipinski definition) is 0. The highest BCUT2D eigenvalue weighted by molar-refractivity contribution is 6.35. The minimum absolute atomic E-state index is 0.0796. The molecule has 2 aliphatic carbocycles. The van der Waals surface area contributed by atoms with Crippen molar-refractivity contribution in [1.82, 2.24) is 0 Å². The third-order valence-corrected chi connectivity index (χ3v) is 4.52. The molecule has 4 atom stereocenters. The molecule has 4 radical (unpaired) electrons. The van der Waals surface area contributed by atoms with E-state index in [-0.39, 0.29) is 5.72 Å². The van der Waals surface area contributed by atoms with Gasteiger partial charge in [-0.1, -0.05) is 32.6 Å². The Morgan fingerprint density at radius 3 is 2.64 bits per heavy atom. The molecule has 74 valence electrons. The molecule has 2 bridgehead atoms. The van der Waals surface area contributed by atoms with E-state index in [1.165, 1.54) is 38.5 Å². The summed E-state index contributed by atoms with van der Waals surface area (Å²) in [5.74, 6) is 3.25. The number of rotatable bonds is 2. The first-order valence-corrected chi connectivity index (χ1v) is 6.23. The van der Waals surface area contributed by atoms with Gasteiger partial charge in [0.15, 0.2) is 0 Å².